The minimum Gasteiger partial charge on any atom is -0.497 e. The molecule has 0 fully saturated rings. The van der Waals surface area contributed by atoms with Gasteiger partial charge in [0.1, 0.15) is 11.5 Å². The van der Waals surface area contributed by atoms with Crippen molar-refractivity contribution in [3.8, 4) is 11.5 Å². The van der Waals surface area contributed by atoms with E-state index in [1.807, 2.05) is 12.1 Å². The lowest BCUT2D eigenvalue weighted by atomic mass is 10.2. The summed E-state index contributed by atoms with van der Waals surface area (Å²) in [6.45, 7) is 1.51. The molecule has 1 N–H and O–H groups in total. The third-order valence-corrected chi connectivity index (χ3v) is 3.70. The highest BCUT2D eigenvalue weighted by Gasteiger charge is 2.17. The topological polar surface area (TPSA) is 73.9 Å². The molecule has 1 atom stereocenters. The number of ether oxygens (including phenoxy) is 3. The molecule has 0 bridgehead atoms. The van der Waals surface area contributed by atoms with Crippen LogP contribution in [0.15, 0.2) is 48.5 Å². The van der Waals surface area contributed by atoms with Gasteiger partial charge in [0.05, 0.1) is 7.11 Å². The highest BCUT2D eigenvalue weighted by molar-refractivity contribution is 6.30. The van der Waals surface area contributed by atoms with Gasteiger partial charge in [-0.3, -0.25) is 4.79 Å². The van der Waals surface area contributed by atoms with Gasteiger partial charge in [0.2, 0.25) is 0 Å². The largest absolute Gasteiger partial charge is 0.497 e. The average molecular weight is 378 g/mol. The highest BCUT2D eigenvalue weighted by Crippen LogP contribution is 2.17. The summed E-state index contributed by atoms with van der Waals surface area (Å²) in [6, 6.07) is 13.9. The van der Waals surface area contributed by atoms with Gasteiger partial charge in [-0.05, 0) is 48.9 Å². The summed E-state index contributed by atoms with van der Waals surface area (Å²) in [6.07, 6.45) is -0.842. The van der Waals surface area contributed by atoms with Crippen molar-refractivity contribution in [3.05, 3.63) is 59.1 Å². The maximum atomic E-state index is 11.9. The zero-order valence-corrected chi connectivity index (χ0v) is 15.3. The van der Waals surface area contributed by atoms with E-state index in [-0.39, 0.29) is 6.61 Å². The first kappa shape index (κ1) is 19.6. The molecule has 2 aromatic carbocycles. The number of hydrogen-bond donors (Lipinski definition) is 1. The third-order valence-electron chi connectivity index (χ3n) is 3.45. The molecule has 138 valence electrons. The molecule has 7 heteroatoms. The smallest absolute Gasteiger partial charge is 0.347 e. The van der Waals surface area contributed by atoms with Crippen molar-refractivity contribution >= 4 is 23.5 Å². The van der Waals surface area contributed by atoms with E-state index in [9.17, 15) is 9.59 Å². The van der Waals surface area contributed by atoms with Crippen molar-refractivity contribution in [2.24, 2.45) is 0 Å². The summed E-state index contributed by atoms with van der Waals surface area (Å²) in [4.78, 5) is 23.7. The number of halogens is 1. The normalized spacial score (nSPS) is 11.3. The van der Waals surface area contributed by atoms with Crippen LogP contribution in [0.1, 0.15) is 12.5 Å². The van der Waals surface area contributed by atoms with Gasteiger partial charge in [-0.2, -0.15) is 0 Å². The van der Waals surface area contributed by atoms with Crippen LogP contribution in [0.25, 0.3) is 0 Å². The van der Waals surface area contributed by atoms with Crippen LogP contribution >= 0.6 is 11.6 Å². The number of methoxy groups -OCH3 is 1. The SMILES string of the molecule is COc1ccc(CNC(=O)COC(=O)[C@@H](C)Oc2ccc(Cl)cc2)cc1. The van der Waals surface area contributed by atoms with E-state index in [0.717, 1.165) is 11.3 Å². The van der Waals surface area contributed by atoms with Crippen LogP contribution in [0.3, 0.4) is 0 Å². The summed E-state index contributed by atoms with van der Waals surface area (Å²) < 4.78 is 15.5. The van der Waals surface area contributed by atoms with E-state index in [4.69, 9.17) is 25.8 Å². The fourth-order valence-corrected chi connectivity index (χ4v) is 2.14. The maximum absolute atomic E-state index is 11.9. The zero-order chi connectivity index (χ0) is 18.9. The molecule has 0 spiro atoms. The van der Waals surface area contributed by atoms with E-state index >= 15 is 0 Å². The zero-order valence-electron chi connectivity index (χ0n) is 14.5. The second-order valence-corrected chi connectivity index (χ2v) is 5.88. The van der Waals surface area contributed by atoms with Crippen LogP contribution in [-0.4, -0.2) is 31.7 Å². The monoisotopic (exact) mass is 377 g/mol. The standard InChI is InChI=1S/C19H20ClNO5/c1-13(26-17-9-5-15(20)6-10-17)19(23)25-12-18(22)21-11-14-3-7-16(24-2)8-4-14/h3-10,13H,11-12H2,1-2H3,(H,21,22)/t13-/m1/s1. The molecule has 0 saturated carbocycles. The Morgan fingerprint density at radius 1 is 1.04 bits per heavy atom. The fourth-order valence-electron chi connectivity index (χ4n) is 2.01. The fraction of sp³-hybridized carbons (Fsp3) is 0.263. The van der Waals surface area contributed by atoms with Crippen LogP contribution < -0.4 is 14.8 Å². The Labute approximate surface area is 157 Å². The van der Waals surface area contributed by atoms with Gasteiger partial charge < -0.3 is 19.5 Å². The van der Waals surface area contributed by atoms with Crippen LogP contribution in [0.4, 0.5) is 0 Å². The Kier molecular flexibility index (Phi) is 7.29. The van der Waals surface area contributed by atoms with Gasteiger partial charge >= 0.3 is 5.97 Å². The summed E-state index contributed by atoms with van der Waals surface area (Å²) >= 11 is 5.79. The van der Waals surface area contributed by atoms with E-state index in [1.165, 1.54) is 0 Å². The molecular weight excluding hydrogens is 358 g/mol. The van der Waals surface area contributed by atoms with Gasteiger partial charge in [0, 0.05) is 11.6 Å². The number of hydrogen-bond acceptors (Lipinski definition) is 5. The summed E-state index contributed by atoms with van der Waals surface area (Å²) in [7, 11) is 1.59. The number of benzene rings is 2. The van der Waals surface area contributed by atoms with Crippen molar-refractivity contribution < 1.29 is 23.8 Å². The predicted octanol–water partition coefficient (Wildman–Crippen LogP) is 2.98. The van der Waals surface area contributed by atoms with Gasteiger partial charge in [0.25, 0.3) is 5.91 Å². The van der Waals surface area contributed by atoms with Crippen LogP contribution in [-0.2, 0) is 20.9 Å². The second-order valence-electron chi connectivity index (χ2n) is 5.45. The minimum absolute atomic E-state index is 0.331. The van der Waals surface area contributed by atoms with Crippen molar-refractivity contribution in [2.45, 2.75) is 19.6 Å². The average Bonchev–Trinajstić information content (AvgIpc) is 2.66. The molecule has 0 unspecified atom stereocenters. The first-order chi connectivity index (χ1) is 12.5. The van der Waals surface area contributed by atoms with Gasteiger partial charge in [-0.1, -0.05) is 23.7 Å². The van der Waals surface area contributed by atoms with E-state index in [2.05, 4.69) is 5.32 Å². The lowest BCUT2D eigenvalue weighted by Gasteiger charge is -2.14. The lowest BCUT2D eigenvalue weighted by molar-refractivity contribution is -0.154. The number of rotatable bonds is 8. The van der Waals surface area contributed by atoms with Gasteiger partial charge in [0.15, 0.2) is 12.7 Å². The minimum atomic E-state index is -0.842. The molecule has 2 rings (SSSR count). The second kappa shape index (κ2) is 9.68. The van der Waals surface area contributed by atoms with E-state index in [1.54, 1.807) is 50.4 Å². The maximum Gasteiger partial charge on any atom is 0.347 e. The van der Waals surface area contributed by atoms with Crippen LogP contribution in [0.2, 0.25) is 5.02 Å². The first-order valence-electron chi connectivity index (χ1n) is 7.96. The van der Waals surface area contributed by atoms with Crippen molar-refractivity contribution in [1.82, 2.24) is 5.32 Å². The lowest BCUT2D eigenvalue weighted by Crippen LogP contribution is -2.32. The number of amides is 1. The molecular formula is C19H20ClNO5. The van der Waals surface area contributed by atoms with E-state index in [0.29, 0.717) is 17.3 Å². The predicted molar refractivity (Wildman–Crippen MR) is 97.3 cm³/mol. The Balaban J connectivity index is 1.71. The van der Waals surface area contributed by atoms with Crippen LogP contribution in [0.5, 0.6) is 11.5 Å². The molecule has 0 aliphatic carbocycles. The molecule has 0 saturated heterocycles. The number of carbonyl (C=O) groups excluding carboxylic acids is 2. The summed E-state index contributed by atoms with van der Waals surface area (Å²) in [5.41, 5.74) is 0.907. The number of carbonyl (C=O) groups is 2. The van der Waals surface area contributed by atoms with Crippen molar-refractivity contribution in [1.29, 1.82) is 0 Å². The summed E-state index contributed by atoms with van der Waals surface area (Å²) in [5, 5.41) is 3.24. The molecule has 6 nitrogen and oxygen atoms in total. The third kappa shape index (κ3) is 6.29. The summed E-state index contributed by atoms with van der Waals surface area (Å²) in [5.74, 6) is 0.207. The molecule has 0 aromatic heterocycles. The molecule has 0 aliphatic rings. The highest BCUT2D eigenvalue weighted by atomic mass is 35.5. The molecule has 0 heterocycles. The van der Waals surface area contributed by atoms with E-state index < -0.39 is 18.0 Å². The Morgan fingerprint density at radius 2 is 1.65 bits per heavy atom. The Morgan fingerprint density at radius 3 is 2.27 bits per heavy atom. The number of esters is 1. The molecule has 0 radical (unpaired) electrons. The first-order valence-corrected chi connectivity index (χ1v) is 8.34. The van der Waals surface area contributed by atoms with Gasteiger partial charge in [-0.15, -0.1) is 0 Å². The molecule has 0 aliphatic heterocycles. The quantitative estimate of drug-likeness (QED) is 0.716. The Bertz CT molecular complexity index is 731. The van der Waals surface area contributed by atoms with Crippen molar-refractivity contribution in [2.75, 3.05) is 13.7 Å². The Hall–Kier alpha value is -2.73. The molecule has 2 aromatic rings. The van der Waals surface area contributed by atoms with Crippen LogP contribution in [0, 0.1) is 0 Å². The van der Waals surface area contributed by atoms with Gasteiger partial charge in [-0.25, -0.2) is 4.79 Å². The molecule has 26 heavy (non-hydrogen) atoms. The number of nitrogens with one attached hydrogen (secondary N) is 1. The molecule has 1 amide bonds. The van der Waals surface area contributed by atoms with Crippen molar-refractivity contribution in [3.63, 3.8) is 0 Å².